The predicted octanol–water partition coefficient (Wildman–Crippen LogP) is 1.72. The van der Waals surface area contributed by atoms with Crippen molar-refractivity contribution in [3.8, 4) is 0 Å². The number of carbonyl (C=O) groups excluding carboxylic acids is 2. The van der Waals surface area contributed by atoms with Crippen LogP contribution in [-0.2, 0) is 20.9 Å². The fraction of sp³-hybridized carbons (Fsp3) is 0.529. The molecule has 1 aromatic carbocycles. The van der Waals surface area contributed by atoms with E-state index in [1.165, 1.54) is 6.92 Å². The summed E-state index contributed by atoms with van der Waals surface area (Å²) in [4.78, 5) is 25.7. The molecule has 1 aliphatic rings. The van der Waals surface area contributed by atoms with E-state index >= 15 is 0 Å². The van der Waals surface area contributed by atoms with E-state index in [1.54, 1.807) is 11.8 Å². The summed E-state index contributed by atoms with van der Waals surface area (Å²) >= 11 is 0. The standard InChI is InChI=1S/C17H24N2O3/c1-13(17(21)18-11-16-9-6-10-22-16)19(14(2)20)12-15-7-4-3-5-8-15/h3-5,7-8,13,16H,6,9-12H2,1-2H3,(H,18,21). The molecule has 1 fully saturated rings. The van der Waals surface area contributed by atoms with Crippen LogP contribution in [-0.4, -0.2) is 42.0 Å². The van der Waals surface area contributed by atoms with Crippen LogP contribution in [0, 0.1) is 0 Å². The van der Waals surface area contributed by atoms with Crippen LogP contribution >= 0.6 is 0 Å². The average Bonchev–Trinajstić information content (AvgIpc) is 3.03. The molecule has 5 nitrogen and oxygen atoms in total. The molecular formula is C17H24N2O3. The van der Waals surface area contributed by atoms with Crippen molar-refractivity contribution in [1.29, 1.82) is 0 Å². The molecule has 1 heterocycles. The predicted molar refractivity (Wildman–Crippen MR) is 84.1 cm³/mol. The second-order valence-electron chi connectivity index (χ2n) is 5.69. The minimum Gasteiger partial charge on any atom is -0.376 e. The molecule has 1 aromatic rings. The van der Waals surface area contributed by atoms with Gasteiger partial charge in [-0.15, -0.1) is 0 Å². The average molecular weight is 304 g/mol. The number of amides is 2. The number of nitrogens with one attached hydrogen (secondary N) is 1. The van der Waals surface area contributed by atoms with Crippen molar-refractivity contribution >= 4 is 11.8 Å². The van der Waals surface area contributed by atoms with Gasteiger partial charge in [-0.1, -0.05) is 30.3 Å². The molecule has 0 spiro atoms. The lowest BCUT2D eigenvalue weighted by molar-refractivity contribution is -0.139. The summed E-state index contributed by atoms with van der Waals surface area (Å²) in [5.74, 6) is -0.245. The van der Waals surface area contributed by atoms with E-state index in [2.05, 4.69) is 5.32 Å². The van der Waals surface area contributed by atoms with E-state index in [0.717, 1.165) is 25.0 Å². The molecule has 120 valence electrons. The van der Waals surface area contributed by atoms with Crippen molar-refractivity contribution in [3.63, 3.8) is 0 Å². The van der Waals surface area contributed by atoms with Gasteiger partial charge in [0.25, 0.3) is 0 Å². The van der Waals surface area contributed by atoms with Crippen LogP contribution in [0.5, 0.6) is 0 Å². The lowest BCUT2D eigenvalue weighted by Crippen LogP contribution is -2.48. The van der Waals surface area contributed by atoms with Crippen LogP contribution < -0.4 is 5.32 Å². The number of nitrogens with zero attached hydrogens (tertiary/aromatic N) is 1. The van der Waals surface area contributed by atoms with Crippen molar-refractivity contribution < 1.29 is 14.3 Å². The first kappa shape index (κ1) is 16.5. The van der Waals surface area contributed by atoms with Gasteiger partial charge in [0.15, 0.2) is 0 Å². The van der Waals surface area contributed by atoms with Crippen LogP contribution in [0.25, 0.3) is 0 Å². The Morgan fingerprint density at radius 3 is 2.68 bits per heavy atom. The molecule has 2 unspecified atom stereocenters. The van der Waals surface area contributed by atoms with E-state index in [4.69, 9.17) is 4.74 Å². The summed E-state index contributed by atoms with van der Waals surface area (Å²) in [7, 11) is 0. The monoisotopic (exact) mass is 304 g/mol. The van der Waals surface area contributed by atoms with Crippen molar-refractivity contribution in [2.24, 2.45) is 0 Å². The van der Waals surface area contributed by atoms with Crippen molar-refractivity contribution in [2.45, 2.75) is 45.4 Å². The Morgan fingerprint density at radius 1 is 1.36 bits per heavy atom. The number of ether oxygens (including phenoxy) is 1. The van der Waals surface area contributed by atoms with Crippen LogP contribution in [0.4, 0.5) is 0 Å². The maximum Gasteiger partial charge on any atom is 0.242 e. The first-order valence-corrected chi connectivity index (χ1v) is 7.78. The van der Waals surface area contributed by atoms with Crippen LogP contribution in [0.3, 0.4) is 0 Å². The highest BCUT2D eigenvalue weighted by molar-refractivity contribution is 5.86. The van der Waals surface area contributed by atoms with Crippen LogP contribution in [0.2, 0.25) is 0 Å². The van der Waals surface area contributed by atoms with Gasteiger partial charge < -0.3 is 15.0 Å². The van der Waals surface area contributed by atoms with Gasteiger partial charge in [-0.3, -0.25) is 9.59 Å². The SMILES string of the molecule is CC(=O)N(Cc1ccccc1)C(C)C(=O)NCC1CCCO1. The zero-order valence-electron chi connectivity index (χ0n) is 13.2. The number of carbonyl (C=O) groups is 2. The molecule has 22 heavy (non-hydrogen) atoms. The Labute approximate surface area is 131 Å². The molecule has 1 N–H and O–H groups in total. The Balaban J connectivity index is 1.91. The minimum atomic E-state index is -0.501. The Bertz CT molecular complexity index is 498. The maximum absolute atomic E-state index is 12.3. The van der Waals surface area contributed by atoms with Gasteiger partial charge in [-0.2, -0.15) is 0 Å². The Hall–Kier alpha value is -1.88. The van der Waals surface area contributed by atoms with Crippen LogP contribution in [0.15, 0.2) is 30.3 Å². The maximum atomic E-state index is 12.3. The summed E-state index contributed by atoms with van der Waals surface area (Å²) in [5, 5.41) is 2.89. The smallest absolute Gasteiger partial charge is 0.242 e. The van der Waals surface area contributed by atoms with Gasteiger partial charge in [-0.05, 0) is 25.3 Å². The number of benzene rings is 1. The molecule has 1 aliphatic heterocycles. The third-order valence-electron chi connectivity index (χ3n) is 3.98. The van der Waals surface area contributed by atoms with Gasteiger partial charge in [-0.25, -0.2) is 0 Å². The second kappa shape index (κ2) is 7.94. The number of hydrogen-bond donors (Lipinski definition) is 1. The lowest BCUT2D eigenvalue weighted by Gasteiger charge is -2.27. The van der Waals surface area contributed by atoms with E-state index in [-0.39, 0.29) is 17.9 Å². The highest BCUT2D eigenvalue weighted by atomic mass is 16.5. The third kappa shape index (κ3) is 4.56. The van der Waals surface area contributed by atoms with E-state index in [0.29, 0.717) is 13.1 Å². The molecule has 2 rings (SSSR count). The normalized spacial score (nSPS) is 18.7. The van der Waals surface area contributed by atoms with E-state index < -0.39 is 6.04 Å². The summed E-state index contributed by atoms with van der Waals surface area (Å²) < 4.78 is 5.49. The van der Waals surface area contributed by atoms with Crippen molar-refractivity contribution in [1.82, 2.24) is 10.2 Å². The quantitative estimate of drug-likeness (QED) is 0.870. The largest absolute Gasteiger partial charge is 0.376 e. The summed E-state index contributed by atoms with van der Waals surface area (Å²) in [6.07, 6.45) is 2.13. The zero-order chi connectivity index (χ0) is 15.9. The number of hydrogen-bond acceptors (Lipinski definition) is 3. The molecule has 0 aromatic heterocycles. The first-order chi connectivity index (χ1) is 10.6. The van der Waals surface area contributed by atoms with Crippen molar-refractivity contribution in [3.05, 3.63) is 35.9 Å². The first-order valence-electron chi connectivity index (χ1n) is 7.78. The highest BCUT2D eigenvalue weighted by Crippen LogP contribution is 2.12. The topological polar surface area (TPSA) is 58.6 Å². The molecule has 1 saturated heterocycles. The third-order valence-corrected chi connectivity index (χ3v) is 3.98. The Kier molecular flexibility index (Phi) is 5.95. The van der Waals surface area contributed by atoms with Gasteiger partial charge in [0, 0.05) is 26.6 Å². The van der Waals surface area contributed by atoms with Gasteiger partial charge >= 0.3 is 0 Å². The molecule has 5 heteroatoms. The van der Waals surface area contributed by atoms with Crippen LogP contribution in [0.1, 0.15) is 32.3 Å². The summed E-state index contributed by atoms with van der Waals surface area (Å²) in [5.41, 5.74) is 1.01. The zero-order valence-corrected chi connectivity index (χ0v) is 13.2. The minimum absolute atomic E-state index is 0.107. The molecule has 0 saturated carbocycles. The van der Waals surface area contributed by atoms with Crippen molar-refractivity contribution in [2.75, 3.05) is 13.2 Å². The highest BCUT2D eigenvalue weighted by Gasteiger charge is 2.25. The number of rotatable bonds is 6. The van der Waals surface area contributed by atoms with E-state index in [1.807, 2.05) is 30.3 Å². The lowest BCUT2D eigenvalue weighted by atomic mass is 10.1. The molecule has 0 radical (unpaired) electrons. The summed E-state index contributed by atoms with van der Waals surface area (Å²) in [6.45, 7) is 4.97. The molecular weight excluding hydrogens is 280 g/mol. The molecule has 0 bridgehead atoms. The molecule has 2 atom stereocenters. The molecule has 0 aliphatic carbocycles. The molecule has 2 amide bonds. The fourth-order valence-electron chi connectivity index (χ4n) is 2.61. The fourth-order valence-corrected chi connectivity index (χ4v) is 2.61. The van der Waals surface area contributed by atoms with Gasteiger partial charge in [0.1, 0.15) is 6.04 Å². The van der Waals surface area contributed by atoms with Gasteiger partial charge in [0.2, 0.25) is 11.8 Å². The van der Waals surface area contributed by atoms with Gasteiger partial charge in [0.05, 0.1) is 6.10 Å². The second-order valence-corrected chi connectivity index (χ2v) is 5.69. The summed E-state index contributed by atoms with van der Waals surface area (Å²) in [6, 6.07) is 9.18. The Morgan fingerprint density at radius 2 is 2.09 bits per heavy atom. The van der Waals surface area contributed by atoms with E-state index in [9.17, 15) is 9.59 Å².